The van der Waals surface area contributed by atoms with Gasteiger partial charge in [0.25, 0.3) is 0 Å². The highest BCUT2D eigenvalue weighted by molar-refractivity contribution is 4.82. The van der Waals surface area contributed by atoms with Crippen molar-refractivity contribution >= 4 is 0 Å². The van der Waals surface area contributed by atoms with Crippen LogP contribution in [0.4, 0.5) is 0 Å². The Hall–Kier alpha value is -0.0800. The molecule has 0 radical (unpaired) electrons. The Balaban J connectivity index is 2.24. The molecule has 0 aromatic heterocycles. The Morgan fingerprint density at radius 1 is 1.44 bits per heavy atom. The zero-order chi connectivity index (χ0) is 6.91. The van der Waals surface area contributed by atoms with E-state index in [1.54, 1.807) is 0 Å². The smallest absolute Gasteiger partial charge is 0.0554 e. The molecule has 1 saturated heterocycles. The lowest BCUT2D eigenvalue weighted by Gasteiger charge is -2.39. The monoisotopic (exact) mass is 129 g/mol. The number of rotatable bonds is 2. The fourth-order valence-electron chi connectivity index (χ4n) is 1.31. The first-order valence-corrected chi connectivity index (χ1v) is 3.35. The molecule has 1 fully saturated rings. The summed E-state index contributed by atoms with van der Waals surface area (Å²) in [4.78, 5) is 2.21. The summed E-state index contributed by atoms with van der Waals surface area (Å²) in [5.41, 5.74) is 0.448. The van der Waals surface area contributed by atoms with Crippen LogP contribution in [-0.4, -0.2) is 38.8 Å². The van der Waals surface area contributed by atoms with Crippen molar-refractivity contribution < 1.29 is 4.74 Å². The van der Waals surface area contributed by atoms with Crippen LogP contribution >= 0.6 is 0 Å². The molecule has 0 atom stereocenters. The van der Waals surface area contributed by atoms with Crippen molar-refractivity contribution in [3.63, 3.8) is 0 Å². The van der Waals surface area contributed by atoms with Gasteiger partial charge in [-0.2, -0.15) is 0 Å². The zero-order valence-corrected chi connectivity index (χ0v) is 6.48. The highest BCUT2D eigenvalue weighted by Crippen LogP contribution is 2.26. The van der Waals surface area contributed by atoms with Gasteiger partial charge in [0.15, 0.2) is 0 Å². The molecule has 0 N–H and O–H groups in total. The molecular formula is C7H15NO. The van der Waals surface area contributed by atoms with Crippen molar-refractivity contribution in [1.29, 1.82) is 0 Å². The van der Waals surface area contributed by atoms with E-state index in [1.165, 1.54) is 0 Å². The lowest BCUT2D eigenvalue weighted by molar-refractivity contribution is -0.110. The van der Waals surface area contributed by atoms with Crippen LogP contribution in [0, 0.1) is 5.41 Å². The lowest BCUT2D eigenvalue weighted by Crippen LogP contribution is -2.46. The third kappa shape index (κ3) is 1.66. The van der Waals surface area contributed by atoms with Crippen LogP contribution in [0.3, 0.4) is 0 Å². The molecule has 2 heteroatoms. The first-order valence-electron chi connectivity index (χ1n) is 3.35. The fraction of sp³-hybridized carbons (Fsp3) is 1.00. The average molecular weight is 129 g/mol. The van der Waals surface area contributed by atoms with Crippen molar-refractivity contribution in [3.05, 3.63) is 0 Å². The van der Waals surface area contributed by atoms with E-state index in [1.807, 2.05) is 0 Å². The maximum atomic E-state index is 5.11. The third-order valence-electron chi connectivity index (χ3n) is 1.60. The molecule has 2 nitrogen and oxygen atoms in total. The minimum Gasteiger partial charge on any atom is -0.380 e. The SMILES string of the molecule is CN(C)CC1(C)COC1. The summed E-state index contributed by atoms with van der Waals surface area (Å²) < 4.78 is 5.11. The molecule has 1 aliphatic rings. The van der Waals surface area contributed by atoms with Crippen molar-refractivity contribution in [2.75, 3.05) is 33.9 Å². The summed E-state index contributed by atoms with van der Waals surface area (Å²) in [5, 5.41) is 0. The summed E-state index contributed by atoms with van der Waals surface area (Å²) >= 11 is 0. The molecule has 54 valence electrons. The molecular weight excluding hydrogens is 114 g/mol. The molecule has 0 unspecified atom stereocenters. The van der Waals surface area contributed by atoms with Crippen molar-refractivity contribution in [2.45, 2.75) is 6.92 Å². The van der Waals surface area contributed by atoms with Gasteiger partial charge in [-0.3, -0.25) is 0 Å². The number of hydrogen-bond donors (Lipinski definition) is 0. The second-order valence-electron chi connectivity index (χ2n) is 3.54. The molecule has 0 aromatic carbocycles. The van der Waals surface area contributed by atoms with E-state index < -0.39 is 0 Å². The predicted molar refractivity (Wildman–Crippen MR) is 37.5 cm³/mol. The average Bonchev–Trinajstić information content (AvgIpc) is 1.60. The number of nitrogens with zero attached hydrogens (tertiary/aromatic N) is 1. The van der Waals surface area contributed by atoms with E-state index in [-0.39, 0.29) is 0 Å². The molecule has 1 aliphatic heterocycles. The Bertz CT molecular complexity index is 97.1. The van der Waals surface area contributed by atoms with Gasteiger partial charge in [-0.15, -0.1) is 0 Å². The maximum Gasteiger partial charge on any atom is 0.0554 e. The van der Waals surface area contributed by atoms with Gasteiger partial charge < -0.3 is 9.64 Å². The van der Waals surface area contributed by atoms with Gasteiger partial charge in [-0.05, 0) is 14.1 Å². The molecule has 0 bridgehead atoms. The van der Waals surface area contributed by atoms with Gasteiger partial charge in [0.1, 0.15) is 0 Å². The van der Waals surface area contributed by atoms with Gasteiger partial charge in [0, 0.05) is 12.0 Å². The van der Waals surface area contributed by atoms with Gasteiger partial charge in [-0.1, -0.05) is 6.92 Å². The molecule has 0 amide bonds. The van der Waals surface area contributed by atoms with Crippen LogP contribution in [0.25, 0.3) is 0 Å². The summed E-state index contributed by atoms with van der Waals surface area (Å²) in [6, 6.07) is 0. The number of hydrogen-bond acceptors (Lipinski definition) is 2. The largest absolute Gasteiger partial charge is 0.380 e. The Morgan fingerprint density at radius 2 is 2.00 bits per heavy atom. The molecule has 0 saturated carbocycles. The van der Waals surface area contributed by atoms with Gasteiger partial charge >= 0.3 is 0 Å². The molecule has 1 heterocycles. The normalized spacial score (nSPS) is 24.0. The highest BCUT2D eigenvalue weighted by Gasteiger charge is 2.33. The van der Waals surface area contributed by atoms with E-state index in [4.69, 9.17) is 4.74 Å². The Morgan fingerprint density at radius 3 is 2.11 bits per heavy atom. The summed E-state index contributed by atoms with van der Waals surface area (Å²) in [6.45, 7) is 5.28. The molecule has 0 aromatic rings. The number of ether oxygens (including phenoxy) is 1. The third-order valence-corrected chi connectivity index (χ3v) is 1.60. The summed E-state index contributed by atoms with van der Waals surface area (Å²) in [7, 11) is 4.20. The van der Waals surface area contributed by atoms with Gasteiger partial charge in [-0.25, -0.2) is 0 Å². The van der Waals surface area contributed by atoms with Gasteiger partial charge in [0.05, 0.1) is 13.2 Å². The van der Waals surface area contributed by atoms with Crippen molar-refractivity contribution in [3.8, 4) is 0 Å². The van der Waals surface area contributed by atoms with E-state index in [2.05, 4.69) is 25.9 Å². The van der Waals surface area contributed by atoms with E-state index in [0.29, 0.717) is 5.41 Å². The van der Waals surface area contributed by atoms with Crippen LogP contribution in [0.15, 0.2) is 0 Å². The van der Waals surface area contributed by atoms with Crippen LogP contribution < -0.4 is 0 Å². The first-order chi connectivity index (χ1) is 4.12. The second-order valence-corrected chi connectivity index (χ2v) is 3.54. The lowest BCUT2D eigenvalue weighted by atomic mass is 9.88. The van der Waals surface area contributed by atoms with Crippen LogP contribution in [0.2, 0.25) is 0 Å². The molecule has 1 rings (SSSR count). The van der Waals surface area contributed by atoms with Crippen LogP contribution in [-0.2, 0) is 4.74 Å². The second kappa shape index (κ2) is 2.27. The topological polar surface area (TPSA) is 12.5 Å². The van der Waals surface area contributed by atoms with Crippen molar-refractivity contribution in [2.24, 2.45) is 5.41 Å². The Kier molecular flexibility index (Phi) is 1.78. The molecule has 0 aliphatic carbocycles. The fourth-order valence-corrected chi connectivity index (χ4v) is 1.31. The minimum absolute atomic E-state index is 0.448. The molecule has 9 heavy (non-hydrogen) atoms. The predicted octanol–water partition coefficient (Wildman–Crippen LogP) is 0.585. The molecule has 0 spiro atoms. The quantitative estimate of drug-likeness (QED) is 0.541. The maximum absolute atomic E-state index is 5.11. The minimum atomic E-state index is 0.448. The summed E-state index contributed by atoms with van der Waals surface area (Å²) in [6.07, 6.45) is 0. The van der Waals surface area contributed by atoms with E-state index in [0.717, 1.165) is 19.8 Å². The standard InChI is InChI=1S/C7H15NO/c1-7(4-8(2)3)5-9-6-7/h4-6H2,1-3H3. The van der Waals surface area contributed by atoms with Gasteiger partial charge in [0.2, 0.25) is 0 Å². The highest BCUT2D eigenvalue weighted by atomic mass is 16.5. The van der Waals surface area contributed by atoms with E-state index in [9.17, 15) is 0 Å². The van der Waals surface area contributed by atoms with E-state index >= 15 is 0 Å². The van der Waals surface area contributed by atoms with Crippen LogP contribution in [0.1, 0.15) is 6.92 Å². The first kappa shape index (κ1) is 7.03. The zero-order valence-electron chi connectivity index (χ0n) is 6.48. The van der Waals surface area contributed by atoms with Crippen LogP contribution in [0.5, 0.6) is 0 Å². The van der Waals surface area contributed by atoms with Crippen molar-refractivity contribution in [1.82, 2.24) is 4.90 Å². The summed E-state index contributed by atoms with van der Waals surface area (Å²) in [5.74, 6) is 0. The Labute approximate surface area is 56.8 Å².